The summed E-state index contributed by atoms with van der Waals surface area (Å²) in [5.74, 6) is 0.883. The number of allylic oxidation sites excluding steroid dienone is 2. The average Bonchev–Trinajstić information content (AvgIpc) is 2.96. The van der Waals surface area contributed by atoms with Crippen LogP contribution in [0.3, 0.4) is 0 Å². The smallest absolute Gasteiger partial charge is 0.252 e. The Morgan fingerprint density at radius 3 is 0.968 bits per heavy atom. The summed E-state index contributed by atoms with van der Waals surface area (Å²) < 4.78 is 92.7. The first-order valence-electron chi connectivity index (χ1n) is 14.6. The van der Waals surface area contributed by atoms with E-state index in [1.165, 1.54) is 0 Å². The molecule has 0 amide bonds. The van der Waals surface area contributed by atoms with Crippen LogP contribution in [0.1, 0.15) is 25.7 Å². The highest BCUT2D eigenvalue weighted by Gasteiger charge is 2.49. The van der Waals surface area contributed by atoms with Crippen LogP contribution in [0.4, 0.5) is 0 Å². The molecule has 5 rings (SSSR count). The molecule has 44 N–H and O–H groups in total. The van der Waals surface area contributed by atoms with E-state index in [-0.39, 0.29) is 88.8 Å². The van der Waals surface area contributed by atoms with Crippen LogP contribution in [-0.4, -0.2) is 230 Å². The number of aliphatic hydroxyl groups excluding tert-OH is 4. The normalized spacial score (nSPS) is 32.2. The Hall–Kier alpha value is -2.80. The van der Waals surface area contributed by atoms with Crippen molar-refractivity contribution in [2.45, 2.75) is 111 Å². The molecule has 2 saturated carbocycles. The van der Waals surface area contributed by atoms with Crippen LogP contribution in [-0.2, 0) is 39.7 Å². The Labute approximate surface area is 352 Å². The minimum absolute atomic E-state index is 0. The van der Waals surface area contributed by atoms with E-state index in [0.29, 0.717) is 37.2 Å². The highest BCUT2D eigenvalue weighted by atomic mass is 32.3. The van der Waals surface area contributed by atoms with Crippen molar-refractivity contribution < 1.29 is 174 Å². The van der Waals surface area contributed by atoms with Gasteiger partial charge in [0.05, 0.1) is 24.5 Å². The van der Waals surface area contributed by atoms with Crippen molar-refractivity contribution in [3.05, 3.63) is 23.7 Å². The summed E-state index contributed by atoms with van der Waals surface area (Å²) >= 11 is 0. The molecule has 0 aromatic rings. The fourth-order valence-electron chi connectivity index (χ4n) is 5.61. The minimum atomic E-state index is -5.17. The van der Waals surface area contributed by atoms with Crippen molar-refractivity contribution in [3.63, 3.8) is 0 Å². The molecule has 14 atom stereocenters. The van der Waals surface area contributed by atoms with Crippen molar-refractivity contribution in [1.29, 1.82) is 0 Å². The van der Waals surface area contributed by atoms with Crippen LogP contribution in [0.5, 0.6) is 0 Å². The zero-order valence-electron chi connectivity index (χ0n) is 32.4. The molecule has 388 valence electrons. The van der Waals surface area contributed by atoms with Gasteiger partial charge in [0.25, 0.3) is 12.6 Å². The van der Waals surface area contributed by atoms with E-state index in [2.05, 4.69) is 32.9 Å². The number of aliphatic hydroxyl groups is 4. The number of rotatable bonds is 0. The molecule has 2 fully saturated rings. The van der Waals surface area contributed by atoms with Gasteiger partial charge in [-0.2, -0.15) is 0 Å². The quantitative estimate of drug-likeness (QED) is 0.0825. The standard InChI is InChI=1S/C24H38N6O8.2H2O4S.14H2O/c25-11-3-1-9-7-29-15-5-13(27)17(31)19(33)21(15)38-24-12(26)4-2-10(36-24)8-30-16-6-14(28)18(32)20(34)22(16)37-23(11)35-9;2*1-5(2,3)4;;;;;;;;;;;;;;/h1-2,7-8,11-24,31-34H,3-6,25-28H2;2*(H2,1,2,3,4);14*1H2/t11-,12-,13-,14-,15+,16+,17+,18+,19-,20-,21-,22-,23-,24-;;;;;;;;;;;;;;;;/m1................/s1. The molecule has 3 heterocycles. The lowest BCUT2D eigenvalue weighted by molar-refractivity contribution is -0.472. The molecular weight excluding hydrogens is 916 g/mol. The number of aliphatic imine (C=N–C) groups is 2. The van der Waals surface area contributed by atoms with E-state index >= 15 is 0 Å². The molecule has 0 unspecified atom stereocenters. The van der Waals surface area contributed by atoms with Crippen molar-refractivity contribution in [2.24, 2.45) is 9.98 Å². The van der Waals surface area contributed by atoms with Crippen molar-refractivity contribution in [3.8, 4) is 0 Å². The van der Waals surface area contributed by atoms with E-state index in [4.69, 9.17) is 54.0 Å². The molecule has 62 heavy (non-hydrogen) atoms. The summed E-state index contributed by atoms with van der Waals surface area (Å²) in [7, 11) is -10.3. The van der Waals surface area contributed by atoms with Gasteiger partial charge in [0.2, 0.25) is 0 Å². The van der Waals surface area contributed by atoms with Crippen LogP contribution in [0.15, 0.2) is 33.7 Å². The number of hydrogen-bond donors (Lipinski definition) is 8. The topological polar surface area (TPSA) is 855 Å². The Bertz CT molecular complexity index is 1330. The lowest BCUT2D eigenvalue weighted by atomic mass is 9.84. The molecule has 4 bridgehead atoms. The van der Waals surface area contributed by atoms with Crippen molar-refractivity contribution in [1.82, 2.24) is 0 Å². The number of quaternary nitrogens is 4. The maximum Gasteiger partial charge on any atom is 0.252 e. The highest BCUT2D eigenvalue weighted by Crippen LogP contribution is 2.30. The Balaban J connectivity index is -0.0000000945. The van der Waals surface area contributed by atoms with Gasteiger partial charge in [-0.15, -0.1) is 0 Å². The number of fused-ring (bicyclic) bond motifs is 6. The SMILES string of the molecule is O.O.O.O.O.O.O.O.O.O.O.O.O.O.O=S(=O)([O-])[O-].O=S(=O)([O-])[O-].[NH3+][C@@H]1CC=C2C=N[C@H]3C[C@@H]([NH3+])[C@H](O)[C@@H](O)[C@@H]3O[C@H]3OC(=CC[C@H]3[NH3+])C=N[C@H]3C[C@@H]([NH3+])[C@H](O)[C@@H](O)[C@@H]3O[C@H]1O2. The first-order valence-corrected chi connectivity index (χ1v) is 17.3. The third-order valence-corrected chi connectivity index (χ3v) is 8.07. The van der Waals surface area contributed by atoms with Gasteiger partial charge in [-0.05, 0) is 12.2 Å². The average molecular weight is 987 g/mol. The largest absolute Gasteiger partial charge is 0.759 e. The first-order chi connectivity index (χ1) is 22.1. The number of nitrogens with zero attached hydrogens (tertiary/aromatic N) is 2. The van der Waals surface area contributed by atoms with Crippen LogP contribution in [0.2, 0.25) is 0 Å². The second-order valence-corrected chi connectivity index (χ2v) is 13.5. The Morgan fingerprint density at radius 1 is 0.484 bits per heavy atom. The minimum Gasteiger partial charge on any atom is -0.759 e. The number of ether oxygens (including phenoxy) is 4. The molecule has 0 aromatic carbocycles. The van der Waals surface area contributed by atoms with Gasteiger partial charge in [0.1, 0.15) is 60.2 Å². The third kappa shape index (κ3) is 27.4. The zero-order chi connectivity index (χ0) is 36.1. The lowest BCUT2D eigenvalue weighted by Gasteiger charge is -2.41. The molecule has 38 heteroatoms. The molecule has 0 radical (unpaired) electrons. The fraction of sp³-hybridized carbons (Fsp3) is 0.750. The second-order valence-electron chi connectivity index (χ2n) is 11.8. The van der Waals surface area contributed by atoms with Gasteiger partial charge in [-0.3, -0.25) is 26.8 Å². The summed E-state index contributed by atoms with van der Waals surface area (Å²) in [6.07, 6.45) is 0.687. The summed E-state index contributed by atoms with van der Waals surface area (Å²) in [6, 6.07) is -2.50. The second kappa shape index (κ2) is 37.6. The molecule has 0 spiro atoms. The van der Waals surface area contributed by atoms with Crippen molar-refractivity contribution in [2.75, 3.05) is 0 Å². The predicted octanol–water partition coefficient (Wildman–Crippen LogP) is -20.6. The number of hydrogen-bond acceptors (Lipinski definition) is 18. The van der Waals surface area contributed by atoms with Crippen molar-refractivity contribution >= 4 is 33.2 Å². The maximum absolute atomic E-state index is 10.9. The van der Waals surface area contributed by atoms with Gasteiger partial charge in [0, 0.05) is 46.5 Å². The van der Waals surface area contributed by atoms with Gasteiger partial charge in [-0.25, -0.2) is 0 Å². The summed E-state index contributed by atoms with van der Waals surface area (Å²) in [4.78, 5) is 9.32. The lowest BCUT2D eigenvalue weighted by Crippen LogP contribution is -2.75. The van der Waals surface area contributed by atoms with E-state index in [1.807, 2.05) is 12.2 Å². The third-order valence-electron chi connectivity index (χ3n) is 8.07. The van der Waals surface area contributed by atoms with Gasteiger partial charge < -0.3 is 157 Å². The molecular formula is C24H70N6O30S2. The summed E-state index contributed by atoms with van der Waals surface area (Å²) in [6.45, 7) is 0. The van der Waals surface area contributed by atoms with Gasteiger partial charge >= 0.3 is 0 Å². The van der Waals surface area contributed by atoms with Gasteiger partial charge in [-0.1, -0.05) is 0 Å². The Morgan fingerprint density at radius 2 is 0.726 bits per heavy atom. The van der Waals surface area contributed by atoms with Crippen LogP contribution >= 0.6 is 0 Å². The van der Waals surface area contributed by atoms with E-state index < -0.39 is 94.2 Å². The van der Waals surface area contributed by atoms with E-state index in [0.717, 1.165) is 0 Å². The molecule has 0 aromatic heterocycles. The molecule has 0 saturated heterocycles. The van der Waals surface area contributed by atoms with E-state index in [1.54, 1.807) is 12.4 Å². The monoisotopic (exact) mass is 986 g/mol. The fourth-order valence-corrected chi connectivity index (χ4v) is 5.61. The highest BCUT2D eigenvalue weighted by molar-refractivity contribution is 7.79. The Kier molecular flexibility index (Phi) is 54.5. The van der Waals surface area contributed by atoms with Gasteiger partial charge in [0.15, 0.2) is 12.1 Å². The van der Waals surface area contributed by atoms with Crippen LogP contribution in [0, 0.1) is 0 Å². The van der Waals surface area contributed by atoms with Crippen LogP contribution < -0.4 is 22.9 Å². The maximum atomic E-state index is 10.9. The molecule has 2 aliphatic carbocycles. The summed E-state index contributed by atoms with van der Waals surface area (Å²) in [5.41, 5.74) is 16.2. The summed E-state index contributed by atoms with van der Waals surface area (Å²) in [5, 5.41) is 42.8. The predicted molar refractivity (Wildman–Crippen MR) is 201 cm³/mol. The first kappa shape index (κ1) is 90.0. The molecule has 5 aliphatic rings. The molecule has 36 nitrogen and oxygen atoms in total. The van der Waals surface area contributed by atoms with E-state index in [9.17, 15) is 20.4 Å². The molecule has 3 aliphatic heterocycles. The zero-order valence-corrected chi connectivity index (χ0v) is 34.1. The van der Waals surface area contributed by atoms with Crippen LogP contribution in [0.25, 0.3) is 0 Å².